The number of aryl methyl sites for hydroxylation is 2. The van der Waals surface area contributed by atoms with Crippen LogP contribution >= 0.6 is 0 Å². The van der Waals surface area contributed by atoms with Gasteiger partial charge in [-0.2, -0.15) is 0 Å². The van der Waals surface area contributed by atoms with Gasteiger partial charge in [0, 0.05) is 32.5 Å². The second-order valence-electron chi connectivity index (χ2n) is 6.83. The van der Waals surface area contributed by atoms with Crippen molar-refractivity contribution in [2.75, 3.05) is 5.32 Å². The molecule has 0 radical (unpaired) electrons. The van der Waals surface area contributed by atoms with Gasteiger partial charge in [0.25, 0.3) is 5.56 Å². The van der Waals surface area contributed by atoms with Crippen LogP contribution in [0.25, 0.3) is 22.4 Å². The van der Waals surface area contributed by atoms with Crippen molar-refractivity contribution in [2.24, 2.45) is 14.1 Å². The maximum absolute atomic E-state index is 12.3. The number of nitrogens with one attached hydrogen (secondary N) is 1. The molecule has 0 aliphatic heterocycles. The van der Waals surface area contributed by atoms with E-state index in [1.165, 1.54) is 30.9 Å². The maximum atomic E-state index is 12.3. The third-order valence-electron chi connectivity index (χ3n) is 4.75. The lowest BCUT2D eigenvalue weighted by atomic mass is 10.2. The van der Waals surface area contributed by atoms with Gasteiger partial charge in [-0.1, -0.05) is 30.3 Å². The molecule has 3 aromatic heterocycles. The van der Waals surface area contributed by atoms with E-state index in [-0.39, 0.29) is 23.4 Å². The lowest BCUT2D eigenvalue weighted by molar-refractivity contribution is -0.116. The van der Waals surface area contributed by atoms with Gasteiger partial charge in [-0.3, -0.25) is 18.7 Å². The Morgan fingerprint density at radius 3 is 2.60 bits per heavy atom. The number of benzene rings is 1. The Hall–Kier alpha value is -4.01. The number of aromatic nitrogens is 4. The first-order valence-corrected chi connectivity index (χ1v) is 9.30. The molecule has 30 heavy (non-hydrogen) atoms. The topological polar surface area (TPSA) is 112 Å². The highest BCUT2D eigenvalue weighted by Crippen LogP contribution is 2.20. The molecule has 0 fully saturated rings. The molecule has 0 saturated heterocycles. The number of carbonyl (C=O) groups excluding carboxylic acids is 1. The van der Waals surface area contributed by atoms with Crippen molar-refractivity contribution in [1.82, 2.24) is 19.1 Å². The molecular weight excluding hydrogens is 386 g/mol. The van der Waals surface area contributed by atoms with E-state index in [9.17, 15) is 14.4 Å². The van der Waals surface area contributed by atoms with E-state index >= 15 is 0 Å². The molecular formula is C21H19N5O4. The first-order chi connectivity index (χ1) is 14.4. The van der Waals surface area contributed by atoms with Crippen LogP contribution in [-0.4, -0.2) is 25.0 Å². The van der Waals surface area contributed by atoms with Crippen molar-refractivity contribution in [3.63, 3.8) is 0 Å². The van der Waals surface area contributed by atoms with Crippen molar-refractivity contribution < 1.29 is 9.21 Å². The average molecular weight is 405 g/mol. The zero-order valence-corrected chi connectivity index (χ0v) is 16.5. The monoisotopic (exact) mass is 405 g/mol. The second-order valence-corrected chi connectivity index (χ2v) is 6.83. The fourth-order valence-electron chi connectivity index (χ4n) is 3.14. The van der Waals surface area contributed by atoms with Crippen LogP contribution in [-0.2, 0) is 25.3 Å². The summed E-state index contributed by atoms with van der Waals surface area (Å²) < 4.78 is 7.99. The smallest absolute Gasteiger partial charge is 0.332 e. The zero-order chi connectivity index (χ0) is 21.3. The molecule has 9 heteroatoms. The number of fused-ring (bicyclic) bond motifs is 1. The first-order valence-electron chi connectivity index (χ1n) is 9.30. The van der Waals surface area contributed by atoms with Crippen LogP contribution in [0, 0.1) is 0 Å². The fourth-order valence-corrected chi connectivity index (χ4v) is 3.14. The minimum Gasteiger partial charge on any atom is -0.441 e. The SMILES string of the molecule is Cn1c(=O)c2cc(NC(=O)CCc3ncc(-c4ccccc4)o3)cnc2n(C)c1=O. The number of amides is 1. The maximum Gasteiger partial charge on any atom is 0.332 e. The Morgan fingerprint density at radius 1 is 1.07 bits per heavy atom. The van der Waals surface area contributed by atoms with E-state index in [0.29, 0.717) is 23.8 Å². The Bertz CT molecular complexity index is 1350. The van der Waals surface area contributed by atoms with Gasteiger partial charge in [-0.15, -0.1) is 0 Å². The highest BCUT2D eigenvalue weighted by Gasteiger charge is 2.13. The summed E-state index contributed by atoms with van der Waals surface area (Å²) >= 11 is 0. The molecule has 0 spiro atoms. The standard InChI is InChI=1S/C21H19N5O4/c1-25-19-15(20(28)26(2)21(25)29)10-14(11-23-19)24-17(27)8-9-18-22-12-16(30-18)13-6-4-3-5-7-13/h3-7,10-12H,8-9H2,1-2H3,(H,24,27). The molecule has 0 aliphatic rings. The van der Waals surface area contributed by atoms with Crippen molar-refractivity contribution in [1.29, 1.82) is 0 Å². The molecule has 4 rings (SSSR count). The predicted octanol–water partition coefficient (Wildman–Crippen LogP) is 1.86. The number of hydrogen-bond donors (Lipinski definition) is 1. The summed E-state index contributed by atoms with van der Waals surface area (Å²) in [6.07, 6.45) is 3.53. The number of rotatable bonds is 5. The third kappa shape index (κ3) is 3.64. The highest BCUT2D eigenvalue weighted by atomic mass is 16.4. The van der Waals surface area contributed by atoms with Gasteiger partial charge in [-0.25, -0.2) is 14.8 Å². The van der Waals surface area contributed by atoms with Gasteiger partial charge in [0.2, 0.25) is 5.91 Å². The fraction of sp³-hybridized carbons (Fsp3) is 0.190. The number of carbonyl (C=O) groups is 1. The average Bonchev–Trinajstić information content (AvgIpc) is 3.24. The predicted molar refractivity (Wildman–Crippen MR) is 111 cm³/mol. The van der Waals surface area contributed by atoms with Crippen LogP contribution < -0.4 is 16.6 Å². The van der Waals surface area contributed by atoms with Crippen molar-refractivity contribution in [3.8, 4) is 11.3 Å². The van der Waals surface area contributed by atoms with E-state index in [2.05, 4.69) is 15.3 Å². The van der Waals surface area contributed by atoms with E-state index in [4.69, 9.17) is 4.42 Å². The van der Waals surface area contributed by atoms with Crippen LogP contribution in [0.5, 0.6) is 0 Å². The molecule has 0 unspecified atom stereocenters. The van der Waals surface area contributed by atoms with Crippen LogP contribution in [0.3, 0.4) is 0 Å². The van der Waals surface area contributed by atoms with E-state index < -0.39 is 11.2 Å². The number of pyridine rings is 1. The van der Waals surface area contributed by atoms with Crippen molar-refractivity contribution in [2.45, 2.75) is 12.8 Å². The van der Waals surface area contributed by atoms with E-state index in [0.717, 1.165) is 10.1 Å². The van der Waals surface area contributed by atoms with Crippen molar-refractivity contribution in [3.05, 3.63) is 75.5 Å². The molecule has 152 valence electrons. The summed E-state index contributed by atoms with van der Waals surface area (Å²) in [5, 5.41) is 2.96. The molecule has 4 aromatic rings. The quantitative estimate of drug-likeness (QED) is 0.542. The van der Waals surface area contributed by atoms with Crippen LogP contribution in [0.2, 0.25) is 0 Å². The van der Waals surface area contributed by atoms with Gasteiger partial charge in [-0.05, 0) is 6.07 Å². The second kappa shape index (κ2) is 7.78. The lowest BCUT2D eigenvalue weighted by Gasteiger charge is -2.09. The molecule has 0 aliphatic carbocycles. The summed E-state index contributed by atoms with van der Waals surface area (Å²) in [7, 11) is 2.94. The van der Waals surface area contributed by atoms with Gasteiger partial charge >= 0.3 is 5.69 Å². The van der Waals surface area contributed by atoms with E-state index in [1.807, 2.05) is 30.3 Å². The van der Waals surface area contributed by atoms with Gasteiger partial charge in [0.15, 0.2) is 11.7 Å². The van der Waals surface area contributed by atoms with E-state index in [1.54, 1.807) is 6.20 Å². The number of oxazole rings is 1. The Balaban J connectivity index is 1.46. The molecule has 0 atom stereocenters. The van der Waals surface area contributed by atoms with Crippen LogP contribution in [0.1, 0.15) is 12.3 Å². The lowest BCUT2D eigenvalue weighted by Crippen LogP contribution is -2.37. The zero-order valence-electron chi connectivity index (χ0n) is 16.5. The molecule has 1 N–H and O–H groups in total. The number of hydrogen-bond acceptors (Lipinski definition) is 6. The third-order valence-corrected chi connectivity index (χ3v) is 4.75. The minimum atomic E-state index is -0.468. The highest BCUT2D eigenvalue weighted by molar-refractivity contribution is 5.92. The largest absolute Gasteiger partial charge is 0.441 e. The van der Waals surface area contributed by atoms with Crippen LogP contribution in [0.15, 0.2) is 62.8 Å². The normalized spacial score (nSPS) is 11.0. The van der Waals surface area contributed by atoms with Crippen molar-refractivity contribution >= 4 is 22.6 Å². The molecule has 0 bridgehead atoms. The van der Waals surface area contributed by atoms with Gasteiger partial charge in [0.1, 0.15) is 5.65 Å². The Morgan fingerprint density at radius 2 is 1.83 bits per heavy atom. The number of anilines is 1. The molecule has 9 nitrogen and oxygen atoms in total. The summed E-state index contributed by atoms with van der Waals surface area (Å²) in [4.78, 5) is 45.0. The first kappa shape index (κ1) is 19.3. The summed E-state index contributed by atoms with van der Waals surface area (Å²) in [5.41, 5.74) is 0.622. The minimum absolute atomic E-state index is 0.151. The molecule has 3 heterocycles. The Labute approximate surface area is 170 Å². The van der Waals surface area contributed by atoms with Gasteiger partial charge < -0.3 is 9.73 Å². The number of nitrogens with zero attached hydrogens (tertiary/aromatic N) is 4. The van der Waals surface area contributed by atoms with Crippen LogP contribution in [0.4, 0.5) is 5.69 Å². The molecule has 0 saturated carbocycles. The Kier molecular flexibility index (Phi) is 5.01. The van der Waals surface area contributed by atoms with Gasteiger partial charge in [0.05, 0.1) is 23.5 Å². The summed E-state index contributed by atoms with van der Waals surface area (Å²) in [6, 6.07) is 11.1. The molecule has 1 amide bonds. The summed E-state index contributed by atoms with van der Waals surface area (Å²) in [5.74, 6) is 0.841. The summed E-state index contributed by atoms with van der Waals surface area (Å²) in [6.45, 7) is 0. The molecule has 1 aromatic carbocycles.